The van der Waals surface area contributed by atoms with E-state index in [2.05, 4.69) is 15.4 Å². The minimum atomic E-state index is -0.575. The van der Waals surface area contributed by atoms with E-state index in [-0.39, 0.29) is 18.4 Å². The Labute approximate surface area is 138 Å². The maximum Gasteiger partial charge on any atom is 0.361 e. The van der Waals surface area contributed by atoms with Crippen LogP contribution in [0.2, 0.25) is 5.02 Å². The van der Waals surface area contributed by atoms with Crippen molar-refractivity contribution in [2.45, 2.75) is 26.9 Å². The molecule has 0 saturated carbocycles. The highest BCUT2D eigenvalue weighted by atomic mass is 35.5. The Morgan fingerprint density at radius 2 is 2.04 bits per heavy atom. The van der Waals surface area contributed by atoms with E-state index in [0.29, 0.717) is 27.8 Å². The Balaban J connectivity index is 2.49. The Bertz CT molecular complexity index is 700. The van der Waals surface area contributed by atoms with Gasteiger partial charge >= 0.3 is 5.97 Å². The number of aromatic nitrogens is 3. The molecule has 0 amide bonds. The second-order valence-corrected chi connectivity index (χ2v) is 5.30. The number of ether oxygens (including phenoxy) is 3. The maximum atomic E-state index is 11.9. The van der Waals surface area contributed by atoms with Gasteiger partial charge in [-0.2, -0.15) is 10.3 Å². The van der Waals surface area contributed by atoms with Gasteiger partial charge in [0, 0.05) is 11.6 Å². The molecule has 0 spiro atoms. The number of hydrogen-bond acceptors (Lipinski definition) is 6. The van der Waals surface area contributed by atoms with Gasteiger partial charge in [0.2, 0.25) is 0 Å². The van der Waals surface area contributed by atoms with E-state index in [0.717, 1.165) is 0 Å². The van der Waals surface area contributed by atoms with Gasteiger partial charge in [-0.05, 0) is 26.8 Å². The van der Waals surface area contributed by atoms with E-state index in [4.69, 9.17) is 25.8 Å². The number of rotatable bonds is 6. The third-order valence-corrected chi connectivity index (χ3v) is 3.20. The Morgan fingerprint density at radius 1 is 1.30 bits per heavy atom. The first kappa shape index (κ1) is 17.1. The lowest BCUT2D eigenvalue weighted by Gasteiger charge is -2.15. The Kier molecular flexibility index (Phi) is 5.44. The predicted molar refractivity (Wildman–Crippen MR) is 85.1 cm³/mol. The number of carbonyl (C=O) groups excluding carboxylic acids is 1. The minimum absolute atomic E-state index is 0.0343. The molecule has 0 atom stereocenters. The van der Waals surface area contributed by atoms with Gasteiger partial charge in [0.1, 0.15) is 5.69 Å². The largest absolute Gasteiger partial charge is 0.493 e. The molecule has 0 unspecified atom stereocenters. The van der Waals surface area contributed by atoms with Gasteiger partial charge in [0.05, 0.1) is 24.8 Å². The van der Waals surface area contributed by atoms with Crippen molar-refractivity contribution < 1.29 is 19.0 Å². The first-order chi connectivity index (χ1) is 11.0. The summed E-state index contributed by atoms with van der Waals surface area (Å²) in [6.45, 7) is 5.75. The minimum Gasteiger partial charge on any atom is -0.493 e. The van der Waals surface area contributed by atoms with Gasteiger partial charge in [0.25, 0.3) is 0 Å². The molecule has 0 aliphatic rings. The number of esters is 1. The quantitative estimate of drug-likeness (QED) is 0.814. The average Bonchev–Trinajstić information content (AvgIpc) is 2.96. The van der Waals surface area contributed by atoms with Crippen molar-refractivity contribution in [3.8, 4) is 22.8 Å². The molecule has 2 aromatic rings. The zero-order valence-electron chi connectivity index (χ0n) is 13.3. The predicted octanol–water partition coefficient (Wildman–Crippen LogP) is 3.10. The Hall–Kier alpha value is -2.28. The first-order valence-electron chi connectivity index (χ1n) is 7.10. The van der Waals surface area contributed by atoms with Crippen molar-refractivity contribution in [3.05, 3.63) is 22.8 Å². The van der Waals surface area contributed by atoms with Crippen LogP contribution >= 0.6 is 11.6 Å². The van der Waals surface area contributed by atoms with Crippen LogP contribution in [0.1, 0.15) is 31.3 Å². The molecule has 7 nitrogen and oxygen atoms in total. The summed E-state index contributed by atoms with van der Waals surface area (Å²) in [7, 11) is 1.52. The van der Waals surface area contributed by atoms with Gasteiger partial charge in [-0.25, -0.2) is 4.79 Å². The number of nitrogens with one attached hydrogen (secondary N) is 1. The number of H-pyrrole nitrogens is 1. The third-order valence-electron chi connectivity index (χ3n) is 2.89. The van der Waals surface area contributed by atoms with Crippen molar-refractivity contribution in [2.24, 2.45) is 0 Å². The lowest BCUT2D eigenvalue weighted by atomic mass is 10.1. The number of nitrogens with zero attached hydrogens (tertiary/aromatic N) is 2. The number of hydrogen-bond donors (Lipinski definition) is 1. The van der Waals surface area contributed by atoms with Crippen LogP contribution in [-0.4, -0.2) is 41.2 Å². The summed E-state index contributed by atoms with van der Waals surface area (Å²) in [5.41, 5.74) is 0.854. The van der Waals surface area contributed by atoms with Gasteiger partial charge in [-0.1, -0.05) is 11.6 Å². The summed E-state index contributed by atoms with van der Waals surface area (Å²) in [4.78, 5) is 11.9. The monoisotopic (exact) mass is 339 g/mol. The number of benzene rings is 1. The molecule has 1 aromatic carbocycles. The van der Waals surface area contributed by atoms with Crippen LogP contribution in [0.4, 0.5) is 0 Å². The van der Waals surface area contributed by atoms with E-state index >= 15 is 0 Å². The molecule has 0 fully saturated rings. The summed E-state index contributed by atoms with van der Waals surface area (Å²) < 4.78 is 16.0. The van der Waals surface area contributed by atoms with Crippen molar-refractivity contribution in [2.75, 3.05) is 13.7 Å². The molecule has 0 radical (unpaired) electrons. The van der Waals surface area contributed by atoms with Crippen LogP contribution in [0.25, 0.3) is 11.3 Å². The lowest BCUT2D eigenvalue weighted by molar-refractivity contribution is 0.0520. The fourth-order valence-electron chi connectivity index (χ4n) is 1.98. The molecule has 23 heavy (non-hydrogen) atoms. The van der Waals surface area contributed by atoms with E-state index in [9.17, 15) is 4.79 Å². The van der Waals surface area contributed by atoms with E-state index in [1.165, 1.54) is 7.11 Å². The van der Waals surface area contributed by atoms with Crippen LogP contribution in [0.3, 0.4) is 0 Å². The molecule has 0 saturated heterocycles. The molecule has 8 heteroatoms. The zero-order valence-corrected chi connectivity index (χ0v) is 14.1. The van der Waals surface area contributed by atoms with E-state index in [1.54, 1.807) is 19.1 Å². The fraction of sp³-hybridized carbons (Fsp3) is 0.400. The molecular formula is C15H18ClN3O4. The number of carbonyl (C=O) groups is 1. The number of halogens is 1. The summed E-state index contributed by atoms with van der Waals surface area (Å²) >= 11 is 6.32. The standard InChI is InChI=1S/C15H18ClN3O4/c1-5-22-15(20)14-13(17-19-18-14)9-6-11(21-4)12(7-10(9)16)23-8(2)3/h6-8H,5H2,1-4H3,(H,17,18,19). The highest BCUT2D eigenvalue weighted by molar-refractivity contribution is 6.33. The molecule has 0 aliphatic heterocycles. The summed E-state index contributed by atoms with van der Waals surface area (Å²) in [6.07, 6.45) is -0.0343. The smallest absolute Gasteiger partial charge is 0.361 e. The van der Waals surface area contributed by atoms with Gasteiger partial charge < -0.3 is 14.2 Å². The number of aromatic amines is 1. The zero-order chi connectivity index (χ0) is 17.0. The molecule has 1 heterocycles. The average molecular weight is 340 g/mol. The van der Waals surface area contributed by atoms with Crippen molar-refractivity contribution in [1.29, 1.82) is 0 Å². The van der Waals surface area contributed by atoms with Crippen LogP contribution < -0.4 is 9.47 Å². The highest BCUT2D eigenvalue weighted by Gasteiger charge is 2.23. The summed E-state index contributed by atoms with van der Waals surface area (Å²) in [6, 6.07) is 3.28. The van der Waals surface area contributed by atoms with Gasteiger partial charge in [-0.15, -0.1) is 5.10 Å². The van der Waals surface area contributed by atoms with Gasteiger partial charge in [-0.3, -0.25) is 0 Å². The molecule has 2 rings (SSSR count). The van der Waals surface area contributed by atoms with Crippen LogP contribution in [0.5, 0.6) is 11.5 Å². The van der Waals surface area contributed by atoms with Crippen LogP contribution in [0.15, 0.2) is 12.1 Å². The fourth-order valence-corrected chi connectivity index (χ4v) is 2.23. The lowest BCUT2D eigenvalue weighted by Crippen LogP contribution is -2.08. The normalized spacial score (nSPS) is 10.7. The van der Waals surface area contributed by atoms with Crippen molar-refractivity contribution >= 4 is 17.6 Å². The molecule has 124 valence electrons. The maximum absolute atomic E-state index is 11.9. The van der Waals surface area contributed by atoms with Crippen LogP contribution in [0, 0.1) is 0 Å². The molecular weight excluding hydrogens is 322 g/mol. The van der Waals surface area contributed by atoms with Crippen LogP contribution in [-0.2, 0) is 4.74 Å². The molecule has 1 aromatic heterocycles. The SMILES string of the molecule is CCOC(=O)c1n[nH]nc1-c1cc(OC)c(OC(C)C)cc1Cl. The van der Waals surface area contributed by atoms with Gasteiger partial charge in [0.15, 0.2) is 17.2 Å². The van der Waals surface area contributed by atoms with E-state index in [1.807, 2.05) is 13.8 Å². The molecule has 1 N–H and O–H groups in total. The Morgan fingerprint density at radius 3 is 2.65 bits per heavy atom. The topological polar surface area (TPSA) is 86.3 Å². The summed E-state index contributed by atoms with van der Waals surface area (Å²) in [5, 5.41) is 10.6. The molecule has 0 bridgehead atoms. The molecule has 0 aliphatic carbocycles. The van der Waals surface area contributed by atoms with Crippen molar-refractivity contribution in [1.82, 2.24) is 15.4 Å². The first-order valence-corrected chi connectivity index (χ1v) is 7.48. The second-order valence-electron chi connectivity index (χ2n) is 4.89. The summed E-state index contributed by atoms with van der Waals surface area (Å²) in [5.74, 6) is 0.419. The second kappa shape index (κ2) is 7.32. The third kappa shape index (κ3) is 3.73. The number of methoxy groups -OCH3 is 1. The van der Waals surface area contributed by atoms with Crippen molar-refractivity contribution in [3.63, 3.8) is 0 Å². The van der Waals surface area contributed by atoms with E-state index < -0.39 is 5.97 Å². The highest BCUT2D eigenvalue weighted by Crippen LogP contribution is 2.39.